The van der Waals surface area contributed by atoms with E-state index in [1.807, 2.05) is 18.6 Å². The summed E-state index contributed by atoms with van der Waals surface area (Å²) in [4.78, 5) is 6.62. The summed E-state index contributed by atoms with van der Waals surface area (Å²) in [6.07, 6.45) is 23.4. The van der Waals surface area contributed by atoms with Crippen LogP contribution in [-0.4, -0.2) is 17.8 Å². The molecule has 0 radical (unpaired) electrons. The van der Waals surface area contributed by atoms with E-state index in [0.717, 1.165) is 13.1 Å². The standard InChI is InChI=1S/C26H44N2/c1-3-5-6-7-8-9-10-11-12-13-14-15-16-20-23-27-25-28(4-2)24-26-21-18-17-19-22-26/h4,17-19,21-22,25H,2-3,5-16,20,23-24H2,1H3/b27-25+. The lowest BCUT2D eigenvalue weighted by atomic mass is 10.0. The Kier molecular flexibility index (Phi) is 16.4. The maximum atomic E-state index is 4.56. The minimum atomic E-state index is 0.840. The van der Waals surface area contributed by atoms with Crippen molar-refractivity contribution in [1.82, 2.24) is 4.90 Å². The highest BCUT2D eigenvalue weighted by molar-refractivity contribution is 5.56. The van der Waals surface area contributed by atoms with E-state index in [0.29, 0.717) is 0 Å². The Morgan fingerprint density at radius 1 is 0.750 bits per heavy atom. The molecule has 0 atom stereocenters. The summed E-state index contributed by atoms with van der Waals surface area (Å²) in [7, 11) is 0. The van der Waals surface area contributed by atoms with E-state index in [-0.39, 0.29) is 0 Å². The number of aliphatic imine (C=N–C) groups is 1. The van der Waals surface area contributed by atoms with Crippen molar-refractivity contribution in [1.29, 1.82) is 0 Å². The second-order valence-electron chi connectivity index (χ2n) is 7.96. The Morgan fingerprint density at radius 2 is 1.25 bits per heavy atom. The van der Waals surface area contributed by atoms with Crippen LogP contribution in [0.25, 0.3) is 0 Å². The van der Waals surface area contributed by atoms with E-state index in [1.54, 1.807) is 0 Å². The van der Waals surface area contributed by atoms with E-state index >= 15 is 0 Å². The van der Waals surface area contributed by atoms with E-state index < -0.39 is 0 Å². The normalized spacial score (nSPS) is 11.2. The third kappa shape index (κ3) is 14.5. The quantitative estimate of drug-likeness (QED) is 0.133. The molecular weight excluding hydrogens is 340 g/mol. The third-order valence-corrected chi connectivity index (χ3v) is 5.31. The van der Waals surface area contributed by atoms with E-state index in [4.69, 9.17) is 0 Å². The van der Waals surface area contributed by atoms with Crippen molar-refractivity contribution in [2.24, 2.45) is 4.99 Å². The van der Waals surface area contributed by atoms with Gasteiger partial charge in [-0.15, -0.1) is 0 Å². The van der Waals surface area contributed by atoms with Gasteiger partial charge in [0.15, 0.2) is 0 Å². The fraction of sp³-hybridized carbons (Fsp3) is 0.654. The van der Waals surface area contributed by atoms with Crippen molar-refractivity contribution in [3.05, 3.63) is 48.7 Å². The van der Waals surface area contributed by atoms with Crippen LogP contribution in [0.2, 0.25) is 0 Å². The number of rotatable bonds is 19. The molecule has 0 amide bonds. The number of hydrogen-bond donors (Lipinski definition) is 0. The molecule has 0 aliphatic heterocycles. The topological polar surface area (TPSA) is 15.6 Å². The Balaban J connectivity index is 1.88. The largest absolute Gasteiger partial charge is 0.336 e. The Hall–Kier alpha value is -1.57. The summed E-state index contributed by atoms with van der Waals surface area (Å²) in [5, 5.41) is 0. The van der Waals surface area contributed by atoms with E-state index in [1.165, 1.54) is 95.5 Å². The van der Waals surface area contributed by atoms with E-state index in [2.05, 4.69) is 47.7 Å². The minimum Gasteiger partial charge on any atom is -0.336 e. The van der Waals surface area contributed by atoms with Crippen molar-refractivity contribution in [2.75, 3.05) is 6.54 Å². The lowest BCUT2D eigenvalue weighted by Crippen LogP contribution is -2.14. The van der Waals surface area contributed by atoms with Gasteiger partial charge in [0, 0.05) is 13.1 Å². The summed E-state index contributed by atoms with van der Waals surface area (Å²) in [6.45, 7) is 7.94. The number of unbranched alkanes of at least 4 members (excludes halogenated alkanes) is 13. The molecule has 0 fully saturated rings. The van der Waals surface area contributed by atoms with Gasteiger partial charge in [-0.25, -0.2) is 0 Å². The molecule has 0 unspecified atom stereocenters. The van der Waals surface area contributed by atoms with Gasteiger partial charge in [-0.2, -0.15) is 0 Å². The fourth-order valence-electron chi connectivity index (χ4n) is 3.51. The minimum absolute atomic E-state index is 0.840. The molecule has 28 heavy (non-hydrogen) atoms. The zero-order valence-electron chi connectivity index (χ0n) is 18.5. The third-order valence-electron chi connectivity index (χ3n) is 5.31. The van der Waals surface area contributed by atoms with Crippen LogP contribution in [0.5, 0.6) is 0 Å². The van der Waals surface area contributed by atoms with Gasteiger partial charge in [0.05, 0.1) is 6.34 Å². The van der Waals surface area contributed by atoms with Gasteiger partial charge in [0.1, 0.15) is 0 Å². The molecule has 2 nitrogen and oxygen atoms in total. The molecule has 1 rings (SSSR count). The molecule has 158 valence electrons. The SMILES string of the molecule is C=CN(/C=N/CCCCCCCCCCCCCCCC)Cc1ccccc1. The smallest absolute Gasteiger partial charge is 0.0892 e. The van der Waals surface area contributed by atoms with Crippen molar-refractivity contribution >= 4 is 6.34 Å². The van der Waals surface area contributed by atoms with Gasteiger partial charge >= 0.3 is 0 Å². The first kappa shape index (κ1) is 24.5. The molecule has 0 saturated heterocycles. The van der Waals surface area contributed by atoms with Crippen LogP contribution in [-0.2, 0) is 6.54 Å². The van der Waals surface area contributed by atoms with Gasteiger partial charge in [0.25, 0.3) is 0 Å². The summed E-state index contributed by atoms with van der Waals surface area (Å²) in [5.74, 6) is 0. The maximum absolute atomic E-state index is 4.56. The molecule has 0 saturated carbocycles. The van der Waals surface area contributed by atoms with Crippen molar-refractivity contribution in [2.45, 2.75) is 103 Å². The Labute approximate surface area is 175 Å². The molecule has 0 N–H and O–H groups in total. The van der Waals surface area contributed by atoms with Gasteiger partial charge in [0.2, 0.25) is 0 Å². The number of benzene rings is 1. The van der Waals surface area contributed by atoms with Gasteiger partial charge in [-0.1, -0.05) is 127 Å². The predicted molar refractivity (Wildman–Crippen MR) is 126 cm³/mol. The fourth-order valence-corrected chi connectivity index (χ4v) is 3.51. The van der Waals surface area contributed by atoms with Crippen molar-refractivity contribution in [3.63, 3.8) is 0 Å². The van der Waals surface area contributed by atoms with Crippen LogP contribution in [0, 0.1) is 0 Å². The molecule has 0 aliphatic rings. The maximum Gasteiger partial charge on any atom is 0.0892 e. The summed E-state index contributed by atoms with van der Waals surface area (Å²) >= 11 is 0. The average molecular weight is 385 g/mol. The van der Waals surface area contributed by atoms with Crippen LogP contribution in [0.4, 0.5) is 0 Å². The Morgan fingerprint density at radius 3 is 1.75 bits per heavy atom. The van der Waals surface area contributed by atoms with Crippen LogP contribution < -0.4 is 0 Å². The Bertz CT molecular complexity index is 480. The number of hydrogen-bond acceptors (Lipinski definition) is 1. The second kappa shape index (κ2) is 18.8. The second-order valence-corrected chi connectivity index (χ2v) is 7.96. The van der Waals surface area contributed by atoms with Gasteiger partial charge in [-0.05, 0) is 18.2 Å². The highest BCUT2D eigenvalue weighted by Crippen LogP contribution is 2.13. The first-order chi connectivity index (χ1) is 13.9. The van der Waals surface area contributed by atoms with Gasteiger partial charge < -0.3 is 4.90 Å². The molecule has 1 aromatic rings. The average Bonchev–Trinajstić information content (AvgIpc) is 2.73. The monoisotopic (exact) mass is 384 g/mol. The zero-order chi connectivity index (χ0) is 20.1. The molecule has 2 heteroatoms. The molecule has 0 bridgehead atoms. The molecule has 0 heterocycles. The summed E-state index contributed by atoms with van der Waals surface area (Å²) < 4.78 is 0. The van der Waals surface area contributed by atoms with Crippen molar-refractivity contribution < 1.29 is 0 Å². The lowest BCUT2D eigenvalue weighted by Gasteiger charge is -2.13. The van der Waals surface area contributed by atoms with Crippen LogP contribution in [0.3, 0.4) is 0 Å². The predicted octanol–water partition coefficient (Wildman–Crippen LogP) is 8.14. The van der Waals surface area contributed by atoms with Crippen LogP contribution >= 0.6 is 0 Å². The number of nitrogens with zero attached hydrogens (tertiary/aromatic N) is 2. The first-order valence-corrected chi connectivity index (χ1v) is 11.8. The zero-order valence-corrected chi connectivity index (χ0v) is 18.5. The summed E-state index contributed by atoms with van der Waals surface area (Å²) in [6, 6.07) is 10.5. The lowest BCUT2D eigenvalue weighted by molar-refractivity contribution is 0.535. The molecule has 0 spiro atoms. The first-order valence-electron chi connectivity index (χ1n) is 11.8. The van der Waals surface area contributed by atoms with Crippen LogP contribution in [0.1, 0.15) is 102 Å². The molecular formula is C26H44N2. The van der Waals surface area contributed by atoms with Crippen molar-refractivity contribution in [3.8, 4) is 0 Å². The summed E-state index contributed by atoms with van der Waals surface area (Å²) in [5.41, 5.74) is 1.28. The van der Waals surface area contributed by atoms with Crippen LogP contribution in [0.15, 0.2) is 48.1 Å². The highest BCUT2D eigenvalue weighted by atomic mass is 15.1. The van der Waals surface area contributed by atoms with E-state index in [9.17, 15) is 0 Å². The van der Waals surface area contributed by atoms with Gasteiger partial charge in [-0.3, -0.25) is 4.99 Å². The molecule has 0 aliphatic carbocycles. The highest BCUT2D eigenvalue weighted by Gasteiger charge is 1.97. The molecule has 1 aromatic carbocycles. The molecule has 0 aromatic heterocycles.